The number of unbranched alkanes of at least 4 members (excludes halogenated alkanes) is 2. The molecule has 7 heteroatoms. The van der Waals surface area contributed by atoms with Crippen molar-refractivity contribution in [2.45, 2.75) is 45.6 Å². The maximum Gasteiger partial charge on any atom is 0.295 e. The molecule has 0 radical (unpaired) electrons. The first-order valence-corrected chi connectivity index (χ1v) is 12.2. The summed E-state index contributed by atoms with van der Waals surface area (Å²) >= 11 is 0. The minimum atomic E-state index is -0.750. The third kappa shape index (κ3) is 6.42. The average molecular weight is 482 g/mol. The highest BCUT2D eigenvalue weighted by Gasteiger charge is 2.46. The van der Waals surface area contributed by atoms with Crippen LogP contribution >= 0.6 is 0 Å². The Kier molecular flexibility index (Phi) is 9.73. The van der Waals surface area contributed by atoms with Gasteiger partial charge in [-0.25, -0.2) is 0 Å². The van der Waals surface area contributed by atoms with E-state index in [0.717, 1.165) is 25.7 Å². The number of ether oxygens (including phenoxy) is 3. The second-order valence-corrected chi connectivity index (χ2v) is 8.49. The van der Waals surface area contributed by atoms with Crippen LogP contribution in [0.15, 0.2) is 54.1 Å². The molecule has 1 aliphatic heterocycles. The summed E-state index contributed by atoms with van der Waals surface area (Å²) < 4.78 is 16.7. The van der Waals surface area contributed by atoms with Crippen molar-refractivity contribution in [3.8, 4) is 11.5 Å². The highest BCUT2D eigenvalue weighted by Crippen LogP contribution is 2.40. The summed E-state index contributed by atoms with van der Waals surface area (Å²) in [4.78, 5) is 27.5. The van der Waals surface area contributed by atoms with Crippen molar-refractivity contribution in [2.75, 3.05) is 33.5 Å². The Morgan fingerprint density at radius 3 is 2.34 bits per heavy atom. The molecule has 1 atom stereocenters. The van der Waals surface area contributed by atoms with Gasteiger partial charge in [0.1, 0.15) is 17.3 Å². The van der Waals surface area contributed by atoms with Crippen LogP contribution in [0.4, 0.5) is 0 Å². The fraction of sp³-hybridized carbons (Fsp3) is 0.429. The van der Waals surface area contributed by atoms with Gasteiger partial charge >= 0.3 is 0 Å². The van der Waals surface area contributed by atoms with Gasteiger partial charge in [-0.15, -0.1) is 0 Å². The minimum absolute atomic E-state index is 0.0523. The molecular weight excluding hydrogens is 446 g/mol. The van der Waals surface area contributed by atoms with Gasteiger partial charge in [-0.3, -0.25) is 9.59 Å². The quantitative estimate of drug-likeness (QED) is 0.185. The summed E-state index contributed by atoms with van der Waals surface area (Å²) in [6, 6.07) is 13.5. The van der Waals surface area contributed by atoms with Crippen LogP contribution in [0.1, 0.15) is 56.7 Å². The summed E-state index contributed by atoms with van der Waals surface area (Å²) in [6.07, 6.45) is 4.02. The van der Waals surface area contributed by atoms with Crippen LogP contribution in [0.5, 0.6) is 11.5 Å². The number of aliphatic hydroxyl groups is 1. The van der Waals surface area contributed by atoms with Gasteiger partial charge in [0, 0.05) is 19.2 Å². The van der Waals surface area contributed by atoms with Crippen LogP contribution in [0.3, 0.4) is 0 Å². The Labute approximate surface area is 207 Å². The highest BCUT2D eigenvalue weighted by atomic mass is 16.5. The zero-order valence-corrected chi connectivity index (χ0v) is 20.8. The molecule has 1 saturated heterocycles. The summed E-state index contributed by atoms with van der Waals surface area (Å²) in [5.74, 6) is -0.263. The van der Waals surface area contributed by atoms with Crippen LogP contribution in [0.25, 0.3) is 5.76 Å². The minimum Gasteiger partial charge on any atom is -0.507 e. The Morgan fingerprint density at radius 2 is 1.66 bits per heavy atom. The molecule has 1 N–H and O–H groups in total. The second kappa shape index (κ2) is 13.0. The van der Waals surface area contributed by atoms with Gasteiger partial charge in [0.25, 0.3) is 11.7 Å². The van der Waals surface area contributed by atoms with Gasteiger partial charge in [0.05, 0.1) is 31.4 Å². The third-order valence-corrected chi connectivity index (χ3v) is 5.87. The van der Waals surface area contributed by atoms with Crippen molar-refractivity contribution in [3.63, 3.8) is 0 Å². The SMILES string of the molecule is CCCCCOc1cccc(C2C(=C(O)c3ccc(OCCC)cc3)C(=O)C(=O)N2CCOC)c1. The lowest BCUT2D eigenvalue weighted by molar-refractivity contribution is -0.140. The Morgan fingerprint density at radius 1 is 0.914 bits per heavy atom. The van der Waals surface area contributed by atoms with Gasteiger partial charge in [-0.05, 0) is 54.8 Å². The van der Waals surface area contributed by atoms with Gasteiger partial charge in [-0.1, -0.05) is 38.8 Å². The molecule has 0 spiro atoms. The normalized spacial score (nSPS) is 17.1. The molecule has 2 aromatic rings. The van der Waals surface area contributed by atoms with Crippen LogP contribution < -0.4 is 9.47 Å². The van der Waals surface area contributed by atoms with Gasteiger partial charge in [0.15, 0.2) is 0 Å². The number of aliphatic hydroxyl groups excluding tert-OH is 1. The van der Waals surface area contributed by atoms with Gasteiger partial charge in [-0.2, -0.15) is 0 Å². The molecule has 0 saturated carbocycles. The molecule has 1 unspecified atom stereocenters. The van der Waals surface area contributed by atoms with Crippen molar-refractivity contribution in [1.29, 1.82) is 0 Å². The van der Waals surface area contributed by atoms with E-state index < -0.39 is 17.7 Å². The number of amides is 1. The molecule has 1 heterocycles. The molecule has 7 nitrogen and oxygen atoms in total. The predicted molar refractivity (Wildman–Crippen MR) is 135 cm³/mol. The Bertz CT molecular complexity index is 1030. The van der Waals surface area contributed by atoms with E-state index in [1.54, 1.807) is 31.4 Å². The van der Waals surface area contributed by atoms with E-state index in [2.05, 4.69) is 6.92 Å². The standard InChI is InChI=1S/C28H35NO6/c1-4-6-7-17-35-23-10-8-9-21(19-23)25-24(27(31)28(32)29(25)15-18-33-3)26(30)20-11-13-22(14-12-20)34-16-5-2/h8-14,19,25,30H,4-7,15-18H2,1-3H3. The number of nitrogens with zero attached hydrogens (tertiary/aromatic N) is 1. The fourth-order valence-electron chi connectivity index (χ4n) is 4.05. The van der Waals surface area contributed by atoms with Gasteiger partial charge in [0.2, 0.25) is 0 Å². The number of rotatable bonds is 13. The number of carbonyl (C=O) groups excluding carboxylic acids is 2. The number of carbonyl (C=O) groups is 2. The largest absolute Gasteiger partial charge is 0.507 e. The predicted octanol–water partition coefficient (Wildman–Crippen LogP) is 5.11. The maximum absolute atomic E-state index is 13.1. The molecule has 0 aliphatic carbocycles. The van der Waals surface area contributed by atoms with E-state index in [1.807, 2.05) is 31.2 Å². The molecule has 1 aliphatic rings. The molecule has 3 rings (SSSR count). The smallest absolute Gasteiger partial charge is 0.295 e. The first-order chi connectivity index (χ1) is 17.0. The summed E-state index contributed by atoms with van der Waals surface area (Å²) in [5, 5.41) is 11.2. The van der Waals surface area contributed by atoms with Gasteiger partial charge < -0.3 is 24.2 Å². The second-order valence-electron chi connectivity index (χ2n) is 8.49. The molecule has 2 aromatic carbocycles. The van der Waals surface area contributed by atoms with Crippen molar-refractivity contribution in [3.05, 3.63) is 65.2 Å². The Hall–Kier alpha value is -3.32. The van der Waals surface area contributed by atoms with Crippen molar-refractivity contribution in [2.24, 2.45) is 0 Å². The number of hydrogen-bond donors (Lipinski definition) is 1. The number of methoxy groups -OCH3 is 1. The number of likely N-dealkylation sites (tertiary alicyclic amines) is 1. The zero-order chi connectivity index (χ0) is 25.2. The third-order valence-electron chi connectivity index (χ3n) is 5.87. The number of benzene rings is 2. The number of Topliss-reactive ketones (excluding diaryl/α,β-unsaturated/α-hetero) is 1. The van der Waals surface area contributed by atoms with E-state index in [9.17, 15) is 14.7 Å². The van der Waals surface area contributed by atoms with E-state index in [0.29, 0.717) is 35.8 Å². The van der Waals surface area contributed by atoms with Crippen LogP contribution in [-0.2, 0) is 14.3 Å². The van der Waals surface area contributed by atoms with Crippen LogP contribution in [-0.4, -0.2) is 55.2 Å². The molecule has 1 fully saturated rings. The lowest BCUT2D eigenvalue weighted by Gasteiger charge is -2.25. The molecule has 0 bridgehead atoms. The van der Waals surface area contributed by atoms with E-state index in [1.165, 1.54) is 4.90 Å². The van der Waals surface area contributed by atoms with Crippen molar-refractivity contribution >= 4 is 17.4 Å². The van der Waals surface area contributed by atoms with E-state index >= 15 is 0 Å². The maximum atomic E-state index is 13.1. The lowest BCUT2D eigenvalue weighted by atomic mass is 9.95. The summed E-state index contributed by atoms with van der Waals surface area (Å²) in [5.41, 5.74) is 1.18. The molecule has 188 valence electrons. The molecule has 0 aromatic heterocycles. The number of hydrogen-bond acceptors (Lipinski definition) is 6. The van der Waals surface area contributed by atoms with E-state index in [-0.39, 0.29) is 24.5 Å². The first-order valence-electron chi connectivity index (χ1n) is 12.2. The molecule has 1 amide bonds. The monoisotopic (exact) mass is 481 g/mol. The van der Waals surface area contributed by atoms with E-state index in [4.69, 9.17) is 14.2 Å². The summed E-state index contributed by atoms with van der Waals surface area (Å²) in [7, 11) is 1.54. The average Bonchev–Trinajstić information content (AvgIpc) is 3.13. The lowest BCUT2D eigenvalue weighted by Crippen LogP contribution is -2.32. The molecular formula is C28H35NO6. The molecule has 35 heavy (non-hydrogen) atoms. The highest BCUT2D eigenvalue weighted by molar-refractivity contribution is 6.46. The number of ketones is 1. The zero-order valence-electron chi connectivity index (χ0n) is 20.8. The fourth-order valence-corrected chi connectivity index (χ4v) is 4.05. The first kappa shape index (κ1) is 26.3. The van der Waals surface area contributed by atoms with Crippen LogP contribution in [0, 0.1) is 0 Å². The van der Waals surface area contributed by atoms with Crippen LogP contribution in [0.2, 0.25) is 0 Å². The summed E-state index contributed by atoms with van der Waals surface area (Å²) in [6.45, 7) is 5.82. The van der Waals surface area contributed by atoms with Crippen molar-refractivity contribution < 1.29 is 28.9 Å². The van der Waals surface area contributed by atoms with Crippen molar-refractivity contribution in [1.82, 2.24) is 4.90 Å². The topological polar surface area (TPSA) is 85.3 Å². The Balaban J connectivity index is 1.99.